The van der Waals surface area contributed by atoms with Crippen LogP contribution >= 0.6 is 0 Å². The number of carbonyl (C=O) groups is 2. The number of hydrogen-bond donors (Lipinski definition) is 1. The van der Waals surface area contributed by atoms with Crippen LogP contribution in [0.4, 0.5) is 0 Å². The number of hydrogen-bond acceptors (Lipinski definition) is 8. The highest BCUT2D eigenvalue weighted by atomic mass is 16.7. The van der Waals surface area contributed by atoms with Crippen LogP contribution in [0.2, 0.25) is 0 Å². The van der Waals surface area contributed by atoms with Gasteiger partial charge in [0, 0.05) is 18.8 Å². The molecule has 1 aliphatic heterocycles. The first-order valence-corrected chi connectivity index (χ1v) is 30.5. The van der Waals surface area contributed by atoms with Crippen LogP contribution in [-0.2, 0) is 64.4 Å². The first-order valence-electron chi connectivity index (χ1n) is 30.5. The van der Waals surface area contributed by atoms with Gasteiger partial charge in [-0.1, -0.05) is 271 Å². The smallest absolute Gasteiger partial charge is 0.306 e. The summed E-state index contributed by atoms with van der Waals surface area (Å²) in [6, 6.07) is 40.3. The van der Waals surface area contributed by atoms with E-state index < -0.39 is 18.4 Å². The van der Waals surface area contributed by atoms with E-state index >= 15 is 0 Å². The second kappa shape index (κ2) is 39.9. The van der Waals surface area contributed by atoms with Crippen molar-refractivity contribution in [2.45, 2.75) is 239 Å². The molecule has 0 bridgehead atoms. The van der Waals surface area contributed by atoms with Crippen LogP contribution in [0, 0.1) is 17.8 Å². The van der Waals surface area contributed by atoms with Gasteiger partial charge in [0.05, 0.1) is 51.3 Å². The zero-order chi connectivity index (χ0) is 54.4. The molecule has 0 aliphatic carbocycles. The van der Waals surface area contributed by atoms with Gasteiger partial charge < -0.3 is 33.7 Å². The highest BCUT2D eigenvalue weighted by molar-refractivity contribution is 5.76. The summed E-state index contributed by atoms with van der Waals surface area (Å²) in [7, 11) is 0. The Hall–Kier alpha value is -4.38. The second-order valence-electron chi connectivity index (χ2n) is 22.2. The van der Waals surface area contributed by atoms with Crippen LogP contribution in [0.3, 0.4) is 0 Å². The van der Waals surface area contributed by atoms with Gasteiger partial charge in [-0.3, -0.25) is 9.59 Å². The molecule has 1 aliphatic rings. The number of esters is 1. The molecule has 0 aromatic heterocycles. The lowest BCUT2D eigenvalue weighted by atomic mass is 9.79. The zero-order valence-corrected chi connectivity index (χ0v) is 48.1. The topological polar surface area (TPSA) is 102 Å². The lowest BCUT2D eigenvalue weighted by Gasteiger charge is -2.44. The summed E-state index contributed by atoms with van der Waals surface area (Å²) in [5.74, 6) is 0.608. The Labute approximate surface area is 466 Å². The summed E-state index contributed by atoms with van der Waals surface area (Å²) in [4.78, 5) is 26.5. The minimum absolute atomic E-state index is 0.00756. The van der Waals surface area contributed by atoms with Gasteiger partial charge in [0.1, 0.15) is 12.7 Å². The van der Waals surface area contributed by atoms with Crippen LogP contribution in [0.1, 0.15) is 204 Å². The van der Waals surface area contributed by atoms with E-state index in [1.165, 1.54) is 64.2 Å². The van der Waals surface area contributed by atoms with Crippen molar-refractivity contribution in [1.82, 2.24) is 5.32 Å². The van der Waals surface area contributed by atoms with Crippen LogP contribution < -0.4 is 5.32 Å². The molecule has 77 heavy (non-hydrogen) atoms. The third kappa shape index (κ3) is 26.9. The Kier molecular flexibility index (Phi) is 32.9. The average Bonchev–Trinajstić information content (AvgIpc) is 3.46. The quantitative estimate of drug-likeness (QED) is 0.0346. The van der Waals surface area contributed by atoms with E-state index in [2.05, 4.69) is 81.5 Å². The Morgan fingerprint density at radius 3 is 1.45 bits per heavy atom. The molecular formula is C68H101NO8. The maximum Gasteiger partial charge on any atom is 0.306 e. The largest absolute Gasteiger partial charge is 0.461 e. The average molecular weight is 1060 g/mol. The van der Waals surface area contributed by atoms with E-state index in [0.29, 0.717) is 51.8 Å². The monoisotopic (exact) mass is 1060 g/mol. The molecule has 1 fully saturated rings. The van der Waals surface area contributed by atoms with Crippen molar-refractivity contribution in [2.75, 3.05) is 13.2 Å². The molecule has 9 heteroatoms. The van der Waals surface area contributed by atoms with E-state index in [1.54, 1.807) is 0 Å². The van der Waals surface area contributed by atoms with Gasteiger partial charge in [0.15, 0.2) is 6.29 Å². The maximum atomic E-state index is 14.3. The Balaban J connectivity index is 1.21. The normalized spacial score (nSPS) is 18.6. The Bertz CT molecular complexity index is 2060. The van der Waals surface area contributed by atoms with Crippen molar-refractivity contribution in [3.05, 3.63) is 144 Å². The molecule has 0 saturated carbocycles. The van der Waals surface area contributed by atoms with E-state index in [9.17, 15) is 9.59 Å². The maximum absolute atomic E-state index is 14.3. The summed E-state index contributed by atoms with van der Waals surface area (Å²) in [5.41, 5.74) is 4.33. The first kappa shape index (κ1) is 63.5. The van der Waals surface area contributed by atoms with Crippen molar-refractivity contribution in [1.29, 1.82) is 0 Å². The summed E-state index contributed by atoms with van der Waals surface area (Å²) in [6.07, 6.45) is 25.0. The third-order valence-corrected chi connectivity index (χ3v) is 15.9. The minimum atomic E-state index is -0.492. The van der Waals surface area contributed by atoms with Crippen LogP contribution in [-0.4, -0.2) is 55.7 Å². The van der Waals surface area contributed by atoms with Gasteiger partial charge in [-0.2, -0.15) is 0 Å². The number of rotatable bonds is 43. The van der Waals surface area contributed by atoms with E-state index in [-0.39, 0.29) is 42.5 Å². The van der Waals surface area contributed by atoms with Gasteiger partial charge >= 0.3 is 5.97 Å². The Morgan fingerprint density at radius 1 is 0.494 bits per heavy atom. The van der Waals surface area contributed by atoms with Gasteiger partial charge in [-0.15, -0.1) is 0 Å². The highest BCUT2D eigenvalue weighted by Crippen LogP contribution is 2.36. The van der Waals surface area contributed by atoms with Crippen molar-refractivity contribution in [3.63, 3.8) is 0 Å². The predicted octanol–water partition coefficient (Wildman–Crippen LogP) is 16.6. The fourth-order valence-electron chi connectivity index (χ4n) is 10.6. The summed E-state index contributed by atoms with van der Waals surface area (Å²) >= 11 is 0. The molecule has 0 radical (unpaired) electrons. The van der Waals surface area contributed by atoms with Crippen molar-refractivity contribution < 1.29 is 38.0 Å². The molecule has 9 nitrogen and oxygen atoms in total. The van der Waals surface area contributed by atoms with E-state index in [4.69, 9.17) is 28.4 Å². The predicted molar refractivity (Wildman–Crippen MR) is 313 cm³/mol. The minimum Gasteiger partial charge on any atom is -0.461 e. The van der Waals surface area contributed by atoms with Crippen LogP contribution in [0.15, 0.2) is 121 Å². The van der Waals surface area contributed by atoms with Gasteiger partial charge in [-0.05, 0) is 53.4 Å². The molecule has 1 N–H and O–H groups in total. The lowest BCUT2D eigenvalue weighted by molar-refractivity contribution is -0.262. The fourth-order valence-corrected chi connectivity index (χ4v) is 10.6. The van der Waals surface area contributed by atoms with Gasteiger partial charge in [0.2, 0.25) is 5.91 Å². The highest BCUT2D eigenvalue weighted by Gasteiger charge is 2.41. The zero-order valence-electron chi connectivity index (χ0n) is 48.1. The molecular weight excluding hydrogens is 959 g/mol. The van der Waals surface area contributed by atoms with Crippen LogP contribution in [0.25, 0.3) is 0 Å². The fraction of sp³-hybridized carbons (Fsp3) is 0.618. The molecule has 4 aromatic carbocycles. The van der Waals surface area contributed by atoms with E-state index in [1.807, 2.05) is 72.8 Å². The summed E-state index contributed by atoms with van der Waals surface area (Å²) in [6.45, 7) is 11.4. The standard InChI is InChI=1S/C68H101NO8/c1-5-6-7-8-9-10-11-12-14-17-20-35-46-63(73-50-59-40-29-24-30-41-59)67(75-52-61-44-33-26-34-45-61)62(53-76-68-57(4)55(2)56(3)64(77-68)54-72-49-58-38-27-23-28-39-58)69-65(70)47-36-21-18-15-13-16-19-22-37-48-66(71)74-51-60-42-31-25-32-43-60/h23-34,38-45,55-57,62-64,67-68H,5-22,35-37,46-54H2,1-4H3,(H,69,70)/t55-,56+,57?,62-,63+,64?,67-,68-/m0/s1. The molecule has 0 spiro atoms. The number of benzene rings is 4. The Morgan fingerprint density at radius 2 is 0.935 bits per heavy atom. The third-order valence-electron chi connectivity index (χ3n) is 15.9. The SMILES string of the molecule is CCCCCCCCCCCCCC[C@@H](OCc1ccccc1)[C@@H](OCc1ccccc1)[C@H](CO[C@H]1OC(COCc2ccccc2)[C@H](C)[C@H](C)C1C)NC(=O)CCCCCCCCCCCC(=O)OCc1ccccc1. The van der Waals surface area contributed by atoms with Gasteiger partial charge in [-0.25, -0.2) is 0 Å². The first-order chi connectivity index (χ1) is 37.8. The van der Waals surface area contributed by atoms with Crippen molar-refractivity contribution in [3.8, 4) is 0 Å². The summed E-state index contributed by atoms with van der Waals surface area (Å²) in [5, 5.41) is 3.49. The second-order valence-corrected chi connectivity index (χ2v) is 22.2. The molecule has 5 rings (SSSR count). The molecule has 2 unspecified atom stereocenters. The number of ether oxygens (including phenoxy) is 6. The number of carbonyl (C=O) groups excluding carboxylic acids is 2. The number of amides is 1. The molecule has 1 saturated heterocycles. The van der Waals surface area contributed by atoms with Crippen molar-refractivity contribution >= 4 is 11.9 Å². The molecule has 1 amide bonds. The van der Waals surface area contributed by atoms with Gasteiger partial charge in [0.25, 0.3) is 0 Å². The lowest BCUT2D eigenvalue weighted by Crippen LogP contribution is -2.54. The number of nitrogens with one attached hydrogen (secondary N) is 1. The molecule has 4 aromatic rings. The molecule has 8 atom stereocenters. The van der Waals surface area contributed by atoms with Crippen molar-refractivity contribution in [2.24, 2.45) is 17.8 Å². The number of unbranched alkanes of at least 4 members (excludes halogenated alkanes) is 19. The van der Waals surface area contributed by atoms with Crippen LogP contribution in [0.5, 0.6) is 0 Å². The molecule has 1 heterocycles. The molecule has 426 valence electrons. The van der Waals surface area contributed by atoms with E-state index in [0.717, 1.165) is 99.3 Å². The summed E-state index contributed by atoms with van der Waals surface area (Å²) < 4.78 is 39.5.